The zero-order chi connectivity index (χ0) is 9.00. The predicted octanol–water partition coefficient (Wildman–Crippen LogP) is -0.808. The second-order valence-corrected chi connectivity index (χ2v) is 6.11. The molecule has 0 saturated carbocycles. The molecule has 0 aliphatic rings. The van der Waals surface area contributed by atoms with Crippen LogP contribution in [0, 0.1) is 0 Å². The average Bonchev–Trinajstić information content (AvgIpc) is 1.12. The van der Waals surface area contributed by atoms with Crippen LogP contribution < -0.4 is 0 Å². The molecule has 0 unspecified atom stereocenters. The molecule has 0 aromatic rings. The largest absolute Gasteiger partial charge is 0.380 e. The van der Waals surface area contributed by atoms with Gasteiger partial charge >= 0.3 is 13.5 Å². The van der Waals surface area contributed by atoms with E-state index in [1.807, 2.05) is 0 Å². The molecule has 0 amide bonds. The molecule has 0 heterocycles. The third kappa shape index (κ3) is 301. The molecule has 0 aromatic carbocycles. The van der Waals surface area contributed by atoms with E-state index in [9.17, 15) is 4.57 Å². The first-order valence-corrected chi connectivity index (χ1v) is 6.99. The Hall–Kier alpha value is 2.28. The average molecular weight is 359 g/mol. The van der Waals surface area contributed by atoms with Crippen LogP contribution in [0.15, 0.2) is 0 Å². The zero-order valence-corrected chi connectivity index (χ0v) is 15.2. The third-order valence-electron chi connectivity index (χ3n) is 0. The van der Waals surface area contributed by atoms with E-state index in [-0.39, 0.29) is 39.0 Å². The maximum atomic E-state index is 9.19. The topological polar surface area (TPSA) is 118 Å². The fraction of sp³-hybridized carbons (Fsp3) is 0. The molecule has 0 aromatic heterocycles. The van der Waals surface area contributed by atoms with Crippen LogP contribution in [-0.4, -0.2) is 24.5 Å². The number of hydrogen-bond donors (Lipinski definition) is 6. The minimum Gasteiger partial charge on any atom is -0.325 e. The first-order chi connectivity index (χ1) is 4.00. The molecule has 0 aliphatic carbocycles. The van der Waals surface area contributed by atoms with Crippen molar-refractivity contribution in [1.29, 1.82) is 0 Å². The summed E-state index contributed by atoms with van der Waals surface area (Å²) in [5.74, 6) is 0. The van der Waals surface area contributed by atoms with Crippen molar-refractivity contribution in [2.24, 2.45) is 0 Å². The van der Waals surface area contributed by atoms with E-state index < -0.39 is 13.5 Å². The van der Waals surface area contributed by atoms with Crippen LogP contribution in [0.2, 0.25) is 0 Å². The summed E-state index contributed by atoms with van der Waals surface area (Å²) in [4.78, 5) is 37.7. The molecule has 0 atom stereocenters. The molecule has 0 fully saturated rings. The minimum absolute atomic E-state index is 0. The van der Waals surface area contributed by atoms with Crippen LogP contribution in [0.1, 0.15) is 0 Å². The molecule has 68 valence electrons. The van der Waals surface area contributed by atoms with Crippen LogP contribution in [-0.2, 0) is 55.3 Å². The van der Waals surface area contributed by atoms with Gasteiger partial charge in [-0.1, -0.05) is 12.2 Å². The molecule has 0 aliphatic heterocycles. The van der Waals surface area contributed by atoms with E-state index in [0.717, 1.165) is 0 Å². The molecule has 0 saturated heterocycles. The molecule has 0 radical (unpaired) electrons. The van der Waals surface area contributed by atoms with Gasteiger partial charge in [0, 0.05) is 39.0 Å². The van der Waals surface area contributed by atoms with Crippen molar-refractivity contribution in [1.82, 2.24) is 0 Å². The summed E-state index contributed by atoms with van der Waals surface area (Å²) in [6.45, 7) is -7.75. The van der Waals surface area contributed by atoms with E-state index in [1.54, 1.807) is 0 Å². The Morgan fingerprint density at radius 2 is 1.00 bits per heavy atom. The summed E-state index contributed by atoms with van der Waals surface area (Å²) < 4.78 is 9.19. The third-order valence-corrected chi connectivity index (χ3v) is 0. The molecule has 12 heavy (non-hydrogen) atoms. The van der Waals surface area contributed by atoms with Gasteiger partial charge in [0.15, 0.2) is 0 Å². The molecule has 0 rings (SSSR count). The van der Waals surface area contributed by atoms with Gasteiger partial charge in [-0.3, -0.25) is 0 Å². The smallest absolute Gasteiger partial charge is 0.325 e. The van der Waals surface area contributed by atoms with Crippen molar-refractivity contribution in [3.8, 4) is 0 Å². The zero-order valence-electron chi connectivity index (χ0n) is 5.81. The van der Waals surface area contributed by atoms with Gasteiger partial charge in [-0.25, -0.2) is 4.57 Å². The van der Waals surface area contributed by atoms with Gasteiger partial charge < -0.3 is 24.5 Å². The van der Waals surface area contributed by atoms with Crippen molar-refractivity contribution in [2.45, 2.75) is 0 Å². The maximum absolute atomic E-state index is 9.19. The van der Waals surface area contributed by atoms with Gasteiger partial charge in [-0.15, -0.1) is 0 Å². The van der Waals surface area contributed by atoms with Crippen LogP contribution in [0.3, 0.4) is 0 Å². The summed E-state index contributed by atoms with van der Waals surface area (Å²) in [7, 11) is 0. The van der Waals surface area contributed by atoms with Gasteiger partial charge in [-0.2, -0.15) is 0 Å². The normalized spacial score (nSPS) is 9.83. The standard InChI is InChI=1S/2H3O3PS.2Zn/c2*1-4(2,3)5;;/h2*(H3,1,2,3,5);;. The summed E-state index contributed by atoms with van der Waals surface area (Å²) in [5.41, 5.74) is 0. The Balaban J connectivity index is -0.0000000457. The van der Waals surface area contributed by atoms with Crippen LogP contribution in [0.5, 0.6) is 0 Å². The van der Waals surface area contributed by atoms with E-state index in [1.165, 1.54) is 0 Å². The first kappa shape index (κ1) is 23.8. The number of hydrogen-bond acceptors (Lipinski definition) is 2. The first-order valence-electron chi connectivity index (χ1n) is 1.57. The molecule has 0 bridgehead atoms. The van der Waals surface area contributed by atoms with Crippen LogP contribution in [0.4, 0.5) is 0 Å². The van der Waals surface area contributed by atoms with Gasteiger partial charge in [0.05, 0.1) is 0 Å². The molecule has 12 heteroatoms. The predicted molar refractivity (Wildman–Crippen MR) is 42.0 cm³/mol. The number of rotatable bonds is 0. The fourth-order valence-electron chi connectivity index (χ4n) is 0. The molecular weight excluding hydrogens is 353 g/mol. The van der Waals surface area contributed by atoms with E-state index in [0.29, 0.717) is 0 Å². The van der Waals surface area contributed by atoms with Crippen molar-refractivity contribution in [2.75, 3.05) is 0 Å². The van der Waals surface area contributed by atoms with E-state index in [2.05, 4.69) is 24.1 Å². The quantitative estimate of drug-likeness (QED) is 0.190. The van der Waals surface area contributed by atoms with Crippen molar-refractivity contribution in [3.05, 3.63) is 0 Å². The SMILES string of the molecule is O=P(O)(O)S.OP(O)(O)=S.[Zn].[Zn]. The van der Waals surface area contributed by atoms with Gasteiger partial charge in [-0.05, 0) is 11.8 Å². The Morgan fingerprint density at radius 3 is 1.00 bits per heavy atom. The van der Waals surface area contributed by atoms with Gasteiger partial charge in [0.25, 0.3) is 0 Å². The monoisotopic (exact) mass is 356 g/mol. The second-order valence-electron chi connectivity index (χ2n) is 1.03. The summed E-state index contributed by atoms with van der Waals surface area (Å²) in [5, 5.41) is 0. The fourth-order valence-corrected chi connectivity index (χ4v) is 0. The Morgan fingerprint density at radius 1 is 1.00 bits per heavy atom. The molecular formula is H6O6P2S2Zn2. The van der Waals surface area contributed by atoms with Gasteiger partial charge in [0.2, 0.25) is 0 Å². The van der Waals surface area contributed by atoms with Crippen molar-refractivity contribution in [3.63, 3.8) is 0 Å². The summed E-state index contributed by atoms with van der Waals surface area (Å²) in [6.07, 6.45) is 0. The van der Waals surface area contributed by atoms with Crippen LogP contribution >= 0.6 is 25.8 Å². The Labute approximate surface area is 105 Å². The van der Waals surface area contributed by atoms with Crippen molar-refractivity contribution < 1.29 is 68.0 Å². The van der Waals surface area contributed by atoms with Crippen LogP contribution in [0.25, 0.3) is 0 Å². The van der Waals surface area contributed by atoms with E-state index in [4.69, 9.17) is 24.5 Å². The minimum atomic E-state index is -3.94. The van der Waals surface area contributed by atoms with Crippen molar-refractivity contribution >= 4 is 37.6 Å². The summed E-state index contributed by atoms with van der Waals surface area (Å²) >= 11 is 6.39. The van der Waals surface area contributed by atoms with E-state index >= 15 is 0 Å². The summed E-state index contributed by atoms with van der Waals surface area (Å²) in [6, 6.07) is 0. The molecule has 0 spiro atoms. The molecule has 5 N–H and O–H groups in total. The Bertz CT molecular complexity index is 134. The molecule has 6 nitrogen and oxygen atoms in total. The van der Waals surface area contributed by atoms with Gasteiger partial charge in [0.1, 0.15) is 0 Å². The second kappa shape index (κ2) is 9.82. The Kier molecular flexibility index (Phi) is 19.5. The number of thiol groups is 1. The maximum Gasteiger partial charge on any atom is 0.380 e.